The van der Waals surface area contributed by atoms with Crippen LogP contribution in [0.15, 0.2) is 267 Å². The summed E-state index contributed by atoms with van der Waals surface area (Å²) in [5.41, 5.74) is 13.4. The van der Waals surface area contributed by atoms with Gasteiger partial charge in [-0.15, -0.1) is 0 Å². The van der Waals surface area contributed by atoms with Crippen LogP contribution in [-0.2, 0) is 5.41 Å². The Hall–Kier alpha value is -8.70. The monoisotopic (exact) mass is 896 g/mol. The third-order valence-corrected chi connectivity index (χ3v) is 19.1. The first-order valence-electron chi connectivity index (χ1n) is 23.6. The molecule has 0 amide bonds. The van der Waals surface area contributed by atoms with Crippen molar-refractivity contribution in [1.82, 2.24) is 9.97 Å². The van der Waals surface area contributed by atoms with E-state index < -0.39 is 13.5 Å². The zero-order valence-electron chi connectivity index (χ0n) is 37.7. The third kappa shape index (κ3) is 6.41. The number of rotatable bonds is 8. The van der Waals surface area contributed by atoms with Gasteiger partial charge in [0.15, 0.2) is 13.9 Å². The standard InChI is InChI=1S/C65H44N2OSi/c1-5-21-45(22-6-1)47-23-19-24-48(43-47)60-44-61(55-33-20-37-59-63(55)68-62-38-18-17-36-58(62)65(59)56-34-15-13-31-53(56)54-32-14-16-35-57(54)65)67-64(66-60)46-39-41-52(42-40-46)69(49-25-7-2-8-26-49,50-27-9-3-10-28-50)51-29-11-4-12-30-51/h1-44H. The molecule has 11 aromatic rings. The predicted octanol–water partition coefficient (Wildman–Crippen LogP) is 13.0. The van der Waals surface area contributed by atoms with Crippen LogP contribution in [0.2, 0.25) is 0 Å². The normalized spacial score (nSPS) is 12.9. The molecule has 69 heavy (non-hydrogen) atoms. The maximum Gasteiger partial charge on any atom is 0.179 e. The van der Waals surface area contributed by atoms with E-state index in [2.05, 4.69) is 267 Å². The smallest absolute Gasteiger partial charge is 0.179 e. The number of benzene rings is 10. The van der Waals surface area contributed by atoms with Gasteiger partial charge in [0.25, 0.3) is 0 Å². The van der Waals surface area contributed by atoms with Gasteiger partial charge in [0.2, 0.25) is 0 Å². The molecule has 2 heterocycles. The van der Waals surface area contributed by atoms with Gasteiger partial charge in [0, 0.05) is 27.8 Å². The average molecular weight is 897 g/mol. The minimum Gasteiger partial charge on any atom is -0.456 e. The summed E-state index contributed by atoms with van der Waals surface area (Å²) in [6.07, 6.45) is 0. The van der Waals surface area contributed by atoms with Crippen molar-refractivity contribution < 1.29 is 4.74 Å². The number of fused-ring (bicyclic) bond motifs is 9. The molecule has 1 aliphatic heterocycles. The van der Waals surface area contributed by atoms with Crippen LogP contribution in [0.25, 0.3) is 56.2 Å². The third-order valence-electron chi connectivity index (χ3n) is 14.3. The Morgan fingerprint density at radius 3 is 1.38 bits per heavy atom. The van der Waals surface area contributed by atoms with Gasteiger partial charge >= 0.3 is 0 Å². The maximum atomic E-state index is 7.17. The first-order chi connectivity index (χ1) is 34.2. The van der Waals surface area contributed by atoms with Crippen LogP contribution in [-0.4, -0.2) is 18.0 Å². The minimum atomic E-state index is -2.76. The van der Waals surface area contributed by atoms with E-state index in [1.165, 1.54) is 43.0 Å². The van der Waals surface area contributed by atoms with E-state index in [1.54, 1.807) is 0 Å². The number of nitrogens with zero attached hydrogens (tertiary/aromatic N) is 2. The van der Waals surface area contributed by atoms with Crippen LogP contribution >= 0.6 is 0 Å². The van der Waals surface area contributed by atoms with Crippen molar-refractivity contribution in [2.24, 2.45) is 0 Å². The molecule has 1 aromatic heterocycles. The number of ether oxygens (including phenoxy) is 1. The van der Waals surface area contributed by atoms with Crippen molar-refractivity contribution in [3.05, 3.63) is 289 Å². The molecule has 0 radical (unpaired) electrons. The highest BCUT2D eigenvalue weighted by atomic mass is 28.3. The molecule has 2 aliphatic rings. The second-order valence-corrected chi connectivity index (χ2v) is 21.8. The fraction of sp³-hybridized carbons (Fsp3) is 0.0154. The Morgan fingerprint density at radius 1 is 0.304 bits per heavy atom. The van der Waals surface area contributed by atoms with Crippen molar-refractivity contribution in [2.45, 2.75) is 5.41 Å². The summed E-state index contributed by atoms with van der Waals surface area (Å²) in [6, 6.07) is 96.5. The van der Waals surface area contributed by atoms with Gasteiger partial charge in [-0.1, -0.05) is 243 Å². The van der Waals surface area contributed by atoms with Gasteiger partial charge < -0.3 is 4.74 Å². The van der Waals surface area contributed by atoms with E-state index >= 15 is 0 Å². The highest BCUT2D eigenvalue weighted by Crippen LogP contribution is 2.63. The zero-order valence-corrected chi connectivity index (χ0v) is 38.7. The summed E-state index contributed by atoms with van der Waals surface area (Å²) in [4.78, 5) is 11.0. The van der Waals surface area contributed by atoms with Crippen LogP contribution < -0.4 is 25.5 Å². The van der Waals surface area contributed by atoms with Gasteiger partial charge in [0.1, 0.15) is 11.5 Å². The summed E-state index contributed by atoms with van der Waals surface area (Å²) >= 11 is 0. The molecule has 0 fully saturated rings. The molecular weight excluding hydrogens is 853 g/mol. The quantitative estimate of drug-likeness (QED) is 0.113. The zero-order chi connectivity index (χ0) is 45.8. The second-order valence-electron chi connectivity index (χ2n) is 18.0. The van der Waals surface area contributed by atoms with Gasteiger partial charge in [-0.2, -0.15) is 0 Å². The molecule has 10 aromatic carbocycles. The van der Waals surface area contributed by atoms with E-state index in [0.717, 1.165) is 61.8 Å². The molecule has 0 N–H and O–H groups in total. The van der Waals surface area contributed by atoms with E-state index in [0.29, 0.717) is 5.82 Å². The molecule has 0 saturated carbocycles. The number of aromatic nitrogens is 2. The second kappa shape index (κ2) is 16.6. The summed E-state index contributed by atoms with van der Waals surface area (Å²) in [6.45, 7) is 0. The average Bonchev–Trinajstić information content (AvgIpc) is 3.72. The highest BCUT2D eigenvalue weighted by molar-refractivity contribution is 7.19. The first kappa shape index (κ1) is 40.6. The van der Waals surface area contributed by atoms with Crippen molar-refractivity contribution in [1.29, 1.82) is 0 Å². The summed E-state index contributed by atoms with van der Waals surface area (Å²) in [7, 11) is -2.76. The molecule has 1 aliphatic carbocycles. The molecule has 0 bridgehead atoms. The fourth-order valence-electron chi connectivity index (χ4n) is 11.4. The number of para-hydroxylation sites is 2. The van der Waals surface area contributed by atoms with Crippen LogP contribution in [0.3, 0.4) is 0 Å². The van der Waals surface area contributed by atoms with Crippen molar-refractivity contribution >= 4 is 28.8 Å². The molecule has 324 valence electrons. The Bertz CT molecular complexity index is 3550. The van der Waals surface area contributed by atoms with Gasteiger partial charge in [-0.25, -0.2) is 9.97 Å². The van der Waals surface area contributed by atoms with Crippen LogP contribution in [0.4, 0.5) is 0 Å². The largest absolute Gasteiger partial charge is 0.456 e. The Balaban J connectivity index is 1.03. The molecule has 13 rings (SSSR count). The Labute approximate surface area is 403 Å². The summed E-state index contributed by atoms with van der Waals surface area (Å²) in [5.74, 6) is 2.29. The highest BCUT2D eigenvalue weighted by Gasteiger charge is 2.51. The molecule has 1 spiro atoms. The molecule has 4 heteroatoms. The van der Waals surface area contributed by atoms with E-state index in [4.69, 9.17) is 14.7 Å². The van der Waals surface area contributed by atoms with Crippen molar-refractivity contribution in [3.8, 4) is 67.7 Å². The number of hydrogen-bond acceptors (Lipinski definition) is 3. The lowest BCUT2D eigenvalue weighted by atomic mass is 9.65. The summed E-state index contributed by atoms with van der Waals surface area (Å²) in [5, 5.41) is 5.27. The molecule has 0 saturated heterocycles. The van der Waals surface area contributed by atoms with E-state index in [9.17, 15) is 0 Å². The molecule has 0 unspecified atom stereocenters. The lowest BCUT2D eigenvalue weighted by molar-refractivity contribution is 0.438. The maximum absolute atomic E-state index is 7.17. The SMILES string of the molecule is c1ccc(-c2cccc(-c3cc(-c4cccc5c4Oc4ccccc4C54c5ccccc5-c5ccccc54)nc(-c4ccc([Si](c5ccccc5)(c5ccccc5)c5ccccc5)cc4)n3)c2)cc1. The lowest BCUT2D eigenvalue weighted by Crippen LogP contribution is -2.74. The summed E-state index contributed by atoms with van der Waals surface area (Å²) < 4.78 is 7.17. The van der Waals surface area contributed by atoms with E-state index in [-0.39, 0.29) is 0 Å². The van der Waals surface area contributed by atoms with Crippen molar-refractivity contribution in [2.75, 3.05) is 0 Å². The molecule has 3 nitrogen and oxygen atoms in total. The molecule has 0 atom stereocenters. The lowest BCUT2D eigenvalue weighted by Gasteiger charge is -2.40. The van der Waals surface area contributed by atoms with E-state index in [1.807, 2.05) is 0 Å². The molecular formula is C65H44N2OSi. The van der Waals surface area contributed by atoms with Gasteiger partial charge in [-0.3, -0.25) is 0 Å². The van der Waals surface area contributed by atoms with Gasteiger partial charge in [0.05, 0.1) is 16.8 Å². The van der Waals surface area contributed by atoms with Gasteiger partial charge in [-0.05, 0) is 78.4 Å². The van der Waals surface area contributed by atoms with Crippen molar-refractivity contribution in [3.63, 3.8) is 0 Å². The Morgan fingerprint density at radius 2 is 0.754 bits per heavy atom. The Kier molecular flexibility index (Phi) is 9.74. The van der Waals surface area contributed by atoms with Crippen LogP contribution in [0.5, 0.6) is 11.5 Å². The minimum absolute atomic E-state index is 0.599. The topological polar surface area (TPSA) is 35.0 Å². The van der Waals surface area contributed by atoms with Crippen LogP contribution in [0, 0.1) is 0 Å². The predicted molar refractivity (Wildman–Crippen MR) is 285 cm³/mol. The van der Waals surface area contributed by atoms with Crippen LogP contribution in [0.1, 0.15) is 22.3 Å². The fourth-order valence-corrected chi connectivity index (χ4v) is 16.1. The number of hydrogen-bond donors (Lipinski definition) is 0. The first-order valence-corrected chi connectivity index (χ1v) is 25.6.